The molecule has 0 aliphatic heterocycles. The Bertz CT molecular complexity index is 1410. The van der Waals surface area contributed by atoms with E-state index in [4.69, 9.17) is 11.6 Å². The van der Waals surface area contributed by atoms with Gasteiger partial charge >= 0.3 is 0 Å². The monoisotopic (exact) mass is 583 g/mol. The Morgan fingerprint density at radius 2 is 1.55 bits per heavy atom. The Morgan fingerprint density at radius 1 is 0.925 bits per heavy atom. The number of benzene rings is 3. The lowest BCUT2D eigenvalue weighted by Gasteiger charge is -2.34. The number of hydrogen-bond donors (Lipinski definition) is 1. The highest BCUT2D eigenvalue weighted by molar-refractivity contribution is 7.92. The van der Waals surface area contributed by atoms with Gasteiger partial charge in [-0.05, 0) is 73.7 Å². The van der Waals surface area contributed by atoms with Crippen molar-refractivity contribution in [3.63, 3.8) is 0 Å². The quantitative estimate of drug-likeness (QED) is 0.314. The summed E-state index contributed by atoms with van der Waals surface area (Å²) in [4.78, 5) is 29.3. The van der Waals surface area contributed by atoms with Crippen LogP contribution in [0.2, 0.25) is 5.02 Å². The third-order valence-corrected chi connectivity index (χ3v) is 8.06. The van der Waals surface area contributed by atoms with Gasteiger partial charge in [0.15, 0.2) is 0 Å². The number of anilines is 1. The van der Waals surface area contributed by atoms with Gasteiger partial charge in [-0.2, -0.15) is 0 Å². The highest BCUT2D eigenvalue weighted by Gasteiger charge is 2.33. The first-order valence-electron chi connectivity index (χ1n) is 13.3. The van der Waals surface area contributed by atoms with E-state index >= 15 is 0 Å². The van der Waals surface area contributed by atoms with Crippen LogP contribution >= 0.6 is 11.6 Å². The van der Waals surface area contributed by atoms with Gasteiger partial charge in [-0.3, -0.25) is 13.9 Å². The van der Waals surface area contributed by atoms with Gasteiger partial charge in [0.25, 0.3) is 0 Å². The number of hydrogen-bond acceptors (Lipinski definition) is 4. The summed E-state index contributed by atoms with van der Waals surface area (Å²) in [5.41, 5.74) is 3.76. The summed E-state index contributed by atoms with van der Waals surface area (Å²) in [6.45, 7) is 7.25. The molecule has 214 valence electrons. The molecular formula is C31H38ClN3O4S. The van der Waals surface area contributed by atoms with E-state index in [0.29, 0.717) is 10.7 Å². The first-order chi connectivity index (χ1) is 18.9. The number of sulfonamides is 1. The van der Waals surface area contributed by atoms with Gasteiger partial charge in [0, 0.05) is 24.0 Å². The fourth-order valence-electron chi connectivity index (χ4n) is 4.54. The summed E-state index contributed by atoms with van der Waals surface area (Å²) in [7, 11) is -3.82. The molecule has 2 amide bonds. The van der Waals surface area contributed by atoms with Crippen LogP contribution in [0.5, 0.6) is 0 Å². The number of halogens is 1. The van der Waals surface area contributed by atoms with Crippen LogP contribution in [0, 0.1) is 13.8 Å². The predicted molar refractivity (Wildman–Crippen MR) is 162 cm³/mol. The highest BCUT2D eigenvalue weighted by atomic mass is 35.5. The maximum absolute atomic E-state index is 14.1. The number of amides is 2. The molecule has 9 heteroatoms. The van der Waals surface area contributed by atoms with Gasteiger partial charge in [0.2, 0.25) is 21.8 Å². The first kappa shape index (κ1) is 31.2. The van der Waals surface area contributed by atoms with Crippen molar-refractivity contribution in [2.75, 3.05) is 17.1 Å². The molecule has 0 aromatic heterocycles. The smallest absolute Gasteiger partial charge is 0.244 e. The van der Waals surface area contributed by atoms with Gasteiger partial charge in [-0.1, -0.05) is 67.1 Å². The third-order valence-electron chi connectivity index (χ3n) is 6.69. The Labute approximate surface area is 243 Å². The Balaban J connectivity index is 2.08. The maximum Gasteiger partial charge on any atom is 0.244 e. The third kappa shape index (κ3) is 8.83. The predicted octanol–water partition coefficient (Wildman–Crippen LogP) is 5.28. The SMILES string of the molecule is CC[C@H](C)NC(=O)[C@H](Cc1ccccc1)N(Cc1cccc(Cl)c1)C(=O)CN(c1cc(C)cc(C)c1)S(C)(=O)=O. The molecule has 3 rings (SSSR count). The Morgan fingerprint density at radius 3 is 2.12 bits per heavy atom. The van der Waals surface area contributed by atoms with Crippen molar-refractivity contribution >= 4 is 39.1 Å². The summed E-state index contributed by atoms with van der Waals surface area (Å²) in [6, 6.07) is 21.0. The van der Waals surface area contributed by atoms with Crippen LogP contribution in [0.25, 0.3) is 0 Å². The average molecular weight is 584 g/mol. The van der Waals surface area contributed by atoms with E-state index in [-0.39, 0.29) is 24.9 Å². The standard InChI is InChI=1S/C31H38ClN3O4S/c1-6-24(4)33-31(37)29(19-25-11-8-7-9-12-25)34(20-26-13-10-14-27(32)18-26)30(36)21-35(40(5,38)39)28-16-22(2)15-23(3)17-28/h7-18,24,29H,6,19-21H2,1-5H3,(H,33,37)/t24-,29-/m0/s1. The molecule has 3 aromatic carbocycles. The molecular weight excluding hydrogens is 546 g/mol. The van der Waals surface area contributed by atoms with Crippen LogP contribution in [0.4, 0.5) is 5.69 Å². The number of carbonyl (C=O) groups is 2. The van der Waals surface area contributed by atoms with E-state index in [9.17, 15) is 18.0 Å². The summed E-state index contributed by atoms with van der Waals surface area (Å²) in [5, 5.41) is 3.52. The minimum atomic E-state index is -3.82. The zero-order valence-electron chi connectivity index (χ0n) is 23.7. The van der Waals surface area contributed by atoms with Crippen LogP contribution in [0.15, 0.2) is 72.8 Å². The second-order valence-corrected chi connectivity index (χ2v) is 12.6. The van der Waals surface area contributed by atoms with Crippen molar-refractivity contribution in [2.45, 2.75) is 59.2 Å². The second-order valence-electron chi connectivity index (χ2n) is 10.3. The molecule has 7 nitrogen and oxygen atoms in total. The molecule has 0 bridgehead atoms. The Kier molecular flexibility index (Phi) is 10.8. The van der Waals surface area contributed by atoms with E-state index in [0.717, 1.165) is 39.2 Å². The lowest BCUT2D eigenvalue weighted by Crippen LogP contribution is -2.54. The fraction of sp³-hybridized carbons (Fsp3) is 0.355. The number of rotatable bonds is 12. The number of nitrogens with one attached hydrogen (secondary N) is 1. The fourth-order valence-corrected chi connectivity index (χ4v) is 5.58. The van der Waals surface area contributed by atoms with Crippen LogP contribution in [-0.2, 0) is 32.6 Å². The van der Waals surface area contributed by atoms with E-state index in [1.807, 2.05) is 70.2 Å². The number of nitrogens with zero attached hydrogens (tertiary/aromatic N) is 2. The normalized spacial score (nSPS) is 12.8. The van der Waals surface area contributed by atoms with Gasteiger partial charge in [-0.15, -0.1) is 0 Å². The van der Waals surface area contributed by atoms with Crippen LogP contribution in [0.1, 0.15) is 42.5 Å². The largest absolute Gasteiger partial charge is 0.352 e. The molecule has 0 unspecified atom stereocenters. The van der Waals surface area contributed by atoms with Crippen molar-refractivity contribution in [1.82, 2.24) is 10.2 Å². The minimum Gasteiger partial charge on any atom is -0.352 e. The zero-order chi connectivity index (χ0) is 29.4. The van der Waals surface area contributed by atoms with E-state index in [1.54, 1.807) is 30.3 Å². The second kappa shape index (κ2) is 13.8. The van der Waals surface area contributed by atoms with E-state index < -0.39 is 28.5 Å². The molecule has 0 radical (unpaired) electrons. The van der Waals surface area contributed by atoms with Crippen molar-refractivity contribution in [1.29, 1.82) is 0 Å². The molecule has 40 heavy (non-hydrogen) atoms. The van der Waals surface area contributed by atoms with Crippen molar-refractivity contribution < 1.29 is 18.0 Å². The van der Waals surface area contributed by atoms with Crippen molar-refractivity contribution in [3.05, 3.63) is 100 Å². The summed E-state index contributed by atoms with van der Waals surface area (Å²) < 4.78 is 27.0. The van der Waals surface area contributed by atoms with Crippen LogP contribution < -0.4 is 9.62 Å². The summed E-state index contributed by atoms with van der Waals surface area (Å²) >= 11 is 6.25. The van der Waals surface area contributed by atoms with Crippen molar-refractivity contribution in [3.8, 4) is 0 Å². The van der Waals surface area contributed by atoms with Gasteiger partial charge in [-0.25, -0.2) is 8.42 Å². The molecule has 3 aromatic rings. The molecule has 0 aliphatic rings. The average Bonchev–Trinajstić information content (AvgIpc) is 2.88. The van der Waals surface area contributed by atoms with Crippen LogP contribution in [-0.4, -0.2) is 50.0 Å². The van der Waals surface area contributed by atoms with E-state index in [1.165, 1.54) is 4.90 Å². The Hall–Kier alpha value is -3.36. The number of aryl methyl sites for hydroxylation is 2. The summed E-state index contributed by atoms with van der Waals surface area (Å²) in [5.74, 6) is -0.796. The molecule has 0 aliphatic carbocycles. The molecule has 0 saturated heterocycles. The van der Waals surface area contributed by atoms with E-state index in [2.05, 4.69) is 5.32 Å². The number of carbonyl (C=O) groups excluding carboxylic acids is 2. The molecule has 0 heterocycles. The van der Waals surface area contributed by atoms with Gasteiger partial charge in [0.05, 0.1) is 11.9 Å². The molecule has 2 atom stereocenters. The van der Waals surface area contributed by atoms with Gasteiger partial charge < -0.3 is 10.2 Å². The first-order valence-corrected chi connectivity index (χ1v) is 15.5. The lowest BCUT2D eigenvalue weighted by molar-refractivity contribution is -0.140. The molecule has 0 saturated carbocycles. The van der Waals surface area contributed by atoms with Gasteiger partial charge in [0.1, 0.15) is 12.6 Å². The van der Waals surface area contributed by atoms with Crippen LogP contribution in [0.3, 0.4) is 0 Å². The molecule has 0 spiro atoms. The minimum absolute atomic E-state index is 0.0786. The zero-order valence-corrected chi connectivity index (χ0v) is 25.3. The van der Waals surface area contributed by atoms with Crippen molar-refractivity contribution in [2.24, 2.45) is 0 Å². The lowest BCUT2D eigenvalue weighted by atomic mass is 10.0. The summed E-state index contributed by atoms with van der Waals surface area (Å²) in [6.07, 6.45) is 2.06. The molecule has 0 fully saturated rings. The highest BCUT2D eigenvalue weighted by Crippen LogP contribution is 2.23. The maximum atomic E-state index is 14.1. The topological polar surface area (TPSA) is 86.8 Å². The molecule has 1 N–H and O–H groups in total.